The summed E-state index contributed by atoms with van der Waals surface area (Å²) in [4.78, 5) is 11.7. The van der Waals surface area contributed by atoms with Crippen LogP contribution in [0.15, 0.2) is 0 Å². The van der Waals surface area contributed by atoms with Gasteiger partial charge in [0.15, 0.2) is 0 Å². The van der Waals surface area contributed by atoms with Gasteiger partial charge in [0.25, 0.3) is 0 Å². The van der Waals surface area contributed by atoms with E-state index in [-0.39, 0.29) is 18.1 Å². The highest BCUT2D eigenvalue weighted by molar-refractivity contribution is 5.80. The number of carbonyl (C=O) groups is 1. The fourth-order valence-electron chi connectivity index (χ4n) is 1.75. The second-order valence-corrected chi connectivity index (χ2v) is 5.34. The van der Waals surface area contributed by atoms with E-state index in [1.807, 2.05) is 6.92 Å². The third-order valence-electron chi connectivity index (χ3n) is 2.81. The number of hydrogen-bond acceptors (Lipinski definition) is 4. The Bertz CT molecular complexity index is 259. The van der Waals surface area contributed by atoms with E-state index in [9.17, 15) is 4.79 Å². The largest absolute Gasteiger partial charge is 0.370 e. The van der Waals surface area contributed by atoms with Gasteiger partial charge in [-0.2, -0.15) is 0 Å². The molecule has 0 aromatic heterocycles. The molecular weight excluding hydrogens is 232 g/mol. The standard InChI is InChI=1S/C13H26N2O3/c1-9(2)5-15-13(16)11(4)17-8-12-7-14-6-10(3)18-12/h9-12,14H,5-8H2,1-4H3,(H,15,16). The average Bonchev–Trinajstić information content (AvgIpc) is 2.33. The van der Waals surface area contributed by atoms with Crippen molar-refractivity contribution in [1.29, 1.82) is 0 Å². The molecular formula is C13H26N2O3. The molecule has 0 aromatic rings. The summed E-state index contributed by atoms with van der Waals surface area (Å²) < 4.78 is 11.2. The van der Waals surface area contributed by atoms with Crippen LogP contribution < -0.4 is 10.6 Å². The molecule has 3 unspecified atom stereocenters. The number of rotatable bonds is 6. The highest BCUT2D eigenvalue weighted by atomic mass is 16.5. The zero-order valence-electron chi connectivity index (χ0n) is 11.9. The lowest BCUT2D eigenvalue weighted by atomic mass is 10.2. The van der Waals surface area contributed by atoms with E-state index in [0.717, 1.165) is 13.1 Å². The van der Waals surface area contributed by atoms with Gasteiger partial charge in [-0.15, -0.1) is 0 Å². The van der Waals surface area contributed by atoms with Crippen molar-refractivity contribution in [3.63, 3.8) is 0 Å². The molecule has 0 spiro atoms. The van der Waals surface area contributed by atoms with Crippen LogP contribution in [0.5, 0.6) is 0 Å². The summed E-state index contributed by atoms with van der Waals surface area (Å²) in [6.45, 7) is 10.7. The Labute approximate surface area is 110 Å². The summed E-state index contributed by atoms with van der Waals surface area (Å²) in [6, 6.07) is 0. The predicted molar refractivity (Wildman–Crippen MR) is 70.5 cm³/mol. The number of morpholine rings is 1. The maximum Gasteiger partial charge on any atom is 0.248 e. The third kappa shape index (κ3) is 5.80. The molecule has 1 heterocycles. The Morgan fingerprint density at radius 1 is 1.44 bits per heavy atom. The monoisotopic (exact) mass is 258 g/mol. The summed E-state index contributed by atoms with van der Waals surface area (Å²) in [6.07, 6.45) is -0.184. The van der Waals surface area contributed by atoms with E-state index >= 15 is 0 Å². The fourth-order valence-corrected chi connectivity index (χ4v) is 1.75. The first-order valence-corrected chi connectivity index (χ1v) is 6.74. The number of hydrogen-bond donors (Lipinski definition) is 2. The van der Waals surface area contributed by atoms with Crippen molar-refractivity contribution >= 4 is 5.91 Å². The highest BCUT2D eigenvalue weighted by Gasteiger charge is 2.21. The van der Waals surface area contributed by atoms with E-state index in [0.29, 0.717) is 19.1 Å². The van der Waals surface area contributed by atoms with Gasteiger partial charge in [0, 0.05) is 19.6 Å². The van der Waals surface area contributed by atoms with Gasteiger partial charge in [-0.1, -0.05) is 13.8 Å². The molecule has 1 aliphatic rings. The van der Waals surface area contributed by atoms with Crippen LogP contribution in [0.25, 0.3) is 0 Å². The minimum Gasteiger partial charge on any atom is -0.370 e. The molecule has 0 aromatic carbocycles. The predicted octanol–water partition coefficient (Wildman–Crippen LogP) is 0.541. The van der Waals surface area contributed by atoms with Crippen molar-refractivity contribution in [2.45, 2.75) is 46.0 Å². The van der Waals surface area contributed by atoms with Crippen molar-refractivity contribution in [3.8, 4) is 0 Å². The summed E-state index contributed by atoms with van der Waals surface area (Å²) in [5.41, 5.74) is 0. The molecule has 18 heavy (non-hydrogen) atoms. The normalized spacial score (nSPS) is 26.1. The van der Waals surface area contributed by atoms with Gasteiger partial charge < -0.3 is 20.1 Å². The zero-order chi connectivity index (χ0) is 13.5. The molecule has 5 nitrogen and oxygen atoms in total. The van der Waals surface area contributed by atoms with Gasteiger partial charge >= 0.3 is 0 Å². The van der Waals surface area contributed by atoms with Crippen molar-refractivity contribution in [2.24, 2.45) is 5.92 Å². The van der Waals surface area contributed by atoms with Gasteiger partial charge in [0.05, 0.1) is 18.8 Å². The molecule has 3 atom stereocenters. The number of nitrogens with one attached hydrogen (secondary N) is 2. The fraction of sp³-hybridized carbons (Fsp3) is 0.923. The van der Waals surface area contributed by atoms with Crippen molar-refractivity contribution in [2.75, 3.05) is 26.2 Å². The minimum atomic E-state index is -0.426. The Kier molecular flexibility index (Phi) is 6.60. The highest BCUT2D eigenvalue weighted by Crippen LogP contribution is 2.05. The lowest BCUT2D eigenvalue weighted by Crippen LogP contribution is -2.46. The average molecular weight is 258 g/mol. The van der Waals surface area contributed by atoms with Crippen LogP contribution in [0.3, 0.4) is 0 Å². The lowest BCUT2D eigenvalue weighted by Gasteiger charge is -2.29. The maximum absolute atomic E-state index is 11.7. The maximum atomic E-state index is 11.7. The summed E-state index contributed by atoms with van der Waals surface area (Å²) in [5.74, 6) is 0.397. The van der Waals surface area contributed by atoms with E-state index in [2.05, 4.69) is 24.5 Å². The molecule has 2 N–H and O–H groups in total. The molecule has 1 fully saturated rings. The van der Waals surface area contributed by atoms with Crippen LogP contribution in [0, 0.1) is 5.92 Å². The number of ether oxygens (including phenoxy) is 2. The van der Waals surface area contributed by atoms with Crippen LogP contribution in [0.1, 0.15) is 27.7 Å². The van der Waals surface area contributed by atoms with Crippen LogP contribution in [-0.4, -0.2) is 50.5 Å². The number of carbonyl (C=O) groups excluding carboxylic acids is 1. The molecule has 5 heteroatoms. The van der Waals surface area contributed by atoms with Crippen LogP contribution in [-0.2, 0) is 14.3 Å². The van der Waals surface area contributed by atoms with Gasteiger partial charge in [0.1, 0.15) is 6.10 Å². The summed E-state index contributed by atoms with van der Waals surface area (Å²) >= 11 is 0. The van der Waals surface area contributed by atoms with Gasteiger partial charge in [-0.05, 0) is 19.8 Å². The number of amides is 1. The second-order valence-electron chi connectivity index (χ2n) is 5.34. The first-order chi connectivity index (χ1) is 8.49. The molecule has 1 aliphatic heterocycles. The Hall–Kier alpha value is -0.650. The van der Waals surface area contributed by atoms with E-state index in [4.69, 9.17) is 9.47 Å². The quantitative estimate of drug-likeness (QED) is 0.730. The Morgan fingerprint density at radius 3 is 2.78 bits per heavy atom. The zero-order valence-corrected chi connectivity index (χ0v) is 11.9. The molecule has 106 valence electrons. The smallest absolute Gasteiger partial charge is 0.248 e. The Morgan fingerprint density at radius 2 is 2.17 bits per heavy atom. The van der Waals surface area contributed by atoms with E-state index in [1.54, 1.807) is 6.92 Å². The molecule has 0 aliphatic carbocycles. The van der Waals surface area contributed by atoms with Gasteiger partial charge in [-0.25, -0.2) is 0 Å². The minimum absolute atomic E-state index is 0.0362. The van der Waals surface area contributed by atoms with Crippen LogP contribution in [0.4, 0.5) is 0 Å². The van der Waals surface area contributed by atoms with Crippen LogP contribution in [0.2, 0.25) is 0 Å². The molecule has 1 amide bonds. The van der Waals surface area contributed by atoms with Gasteiger partial charge in [-0.3, -0.25) is 4.79 Å². The lowest BCUT2D eigenvalue weighted by molar-refractivity contribution is -0.137. The first-order valence-electron chi connectivity index (χ1n) is 6.74. The Balaban J connectivity index is 2.19. The summed E-state index contributed by atoms with van der Waals surface area (Å²) in [5, 5.41) is 6.13. The molecule has 0 bridgehead atoms. The van der Waals surface area contributed by atoms with E-state index < -0.39 is 6.10 Å². The summed E-state index contributed by atoms with van der Waals surface area (Å²) in [7, 11) is 0. The van der Waals surface area contributed by atoms with Crippen molar-refractivity contribution in [3.05, 3.63) is 0 Å². The SMILES string of the molecule is CC(C)CNC(=O)C(C)OCC1CNCC(C)O1. The molecule has 0 saturated carbocycles. The van der Waals surface area contributed by atoms with Crippen LogP contribution >= 0.6 is 0 Å². The molecule has 1 saturated heterocycles. The van der Waals surface area contributed by atoms with Crippen molar-refractivity contribution in [1.82, 2.24) is 10.6 Å². The van der Waals surface area contributed by atoms with Crippen molar-refractivity contribution < 1.29 is 14.3 Å². The van der Waals surface area contributed by atoms with Gasteiger partial charge in [0.2, 0.25) is 5.91 Å². The first kappa shape index (κ1) is 15.4. The topological polar surface area (TPSA) is 59.6 Å². The third-order valence-corrected chi connectivity index (χ3v) is 2.81. The second kappa shape index (κ2) is 7.71. The van der Waals surface area contributed by atoms with E-state index in [1.165, 1.54) is 0 Å². The molecule has 1 rings (SSSR count). The molecule has 0 radical (unpaired) electrons.